The molecule has 6 heteroatoms. The summed E-state index contributed by atoms with van der Waals surface area (Å²) in [5.41, 5.74) is -0.794. The number of cyclic esters (lactones) is 1. The van der Waals surface area contributed by atoms with Gasteiger partial charge in [-0.15, -0.1) is 0 Å². The predicted octanol–water partition coefficient (Wildman–Crippen LogP) is 0.144. The molecule has 2 N–H and O–H groups in total. The van der Waals surface area contributed by atoms with Gasteiger partial charge in [-0.05, 0) is 6.07 Å². The second-order valence-electron chi connectivity index (χ2n) is 2.91. The average molecular weight is 213 g/mol. The number of primary sulfonamides is 1. The first-order chi connectivity index (χ1) is 6.50. The van der Waals surface area contributed by atoms with E-state index >= 15 is 0 Å². The van der Waals surface area contributed by atoms with Gasteiger partial charge in [-0.2, -0.15) is 0 Å². The number of nitrogens with two attached hydrogens (primary N) is 1. The summed E-state index contributed by atoms with van der Waals surface area (Å²) < 4.78 is 26.7. The van der Waals surface area contributed by atoms with Crippen LogP contribution in [-0.4, -0.2) is 14.4 Å². The van der Waals surface area contributed by atoms with Crippen LogP contribution >= 0.6 is 0 Å². The first kappa shape index (κ1) is 9.17. The number of benzene rings is 1. The third-order valence-electron chi connectivity index (χ3n) is 1.95. The molecule has 0 spiro atoms. The molecule has 0 bridgehead atoms. The van der Waals surface area contributed by atoms with Crippen molar-refractivity contribution in [1.82, 2.24) is 0 Å². The molecule has 14 heavy (non-hydrogen) atoms. The van der Waals surface area contributed by atoms with Crippen LogP contribution in [0, 0.1) is 0 Å². The lowest BCUT2D eigenvalue weighted by Crippen LogP contribution is -2.21. The van der Waals surface area contributed by atoms with Gasteiger partial charge in [-0.25, -0.2) is 18.4 Å². The third kappa shape index (κ3) is 1.28. The SMILES string of the molecule is NS(=O)(=O)C1OC(=O)c2ccccc21. The van der Waals surface area contributed by atoms with Gasteiger partial charge in [0.1, 0.15) is 0 Å². The fourth-order valence-electron chi connectivity index (χ4n) is 1.36. The summed E-state index contributed by atoms with van der Waals surface area (Å²) >= 11 is 0. The van der Waals surface area contributed by atoms with Crippen molar-refractivity contribution in [2.75, 3.05) is 0 Å². The van der Waals surface area contributed by atoms with Gasteiger partial charge in [0.15, 0.2) is 0 Å². The number of hydrogen-bond donors (Lipinski definition) is 1. The van der Waals surface area contributed by atoms with E-state index in [1.54, 1.807) is 12.1 Å². The second-order valence-corrected chi connectivity index (χ2v) is 4.52. The van der Waals surface area contributed by atoms with E-state index in [1.807, 2.05) is 0 Å². The molecule has 1 unspecified atom stereocenters. The number of hydrogen-bond acceptors (Lipinski definition) is 4. The first-order valence-electron chi connectivity index (χ1n) is 3.81. The number of ether oxygens (including phenoxy) is 1. The zero-order chi connectivity index (χ0) is 10.3. The molecular weight excluding hydrogens is 206 g/mol. The lowest BCUT2D eigenvalue weighted by atomic mass is 10.1. The van der Waals surface area contributed by atoms with Crippen LogP contribution in [0.15, 0.2) is 24.3 Å². The molecule has 1 aromatic rings. The Bertz CT molecular complexity index is 494. The fourth-order valence-corrected chi connectivity index (χ4v) is 2.14. The number of carbonyl (C=O) groups is 1. The highest BCUT2D eigenvalue weighted by atomic mass is 32.2. The molecule has 0 radical (unpaired) electrons. The Kier molecular flexibility index (Phi) is 1.83. The van der Waals surface area contributed by atoms with Crippen molar-refractivity contribution in [3.63, 3.8) is 0 Å². The van der Waals surface area contributed by atoms with Gasteiger partial charge in [-0.3, -0.25) is 0 Å². The molecule has 1 aromatic carbocycles. The fraction of sp³-hybridized carbons (Fsp3) is 0.125. The third-order valence-corrected chi connectivity index (χ3v) is 2.89. The summed E-state index contributed by atoms with van der Waals surface area (Å²) in [6.45, 7) is 0. The standard InChI is InChI=1S/C8H7NO4S/c9-14(11,12)8-6-4-2-1-3-5(6)7(10)13-8/h1-4,8H,(H2,9,11,12). The largest absolute Gasteiger partial charge is 0.436 e. The summed E-state index contributed by atoms with van der Waals surface area (Å²) in [6, 6.07) is 6.27. The summed E-state index contributed by atoms with van der Waals surface area (Å²) in [5.74, 6) is -0.653. The van der Waals surface area contributed by atoms with Crippen molar-refractivity contribution in [2.45, 2.75) is 5.44 Å². The van der Waals surface area contributed by atoms with Crippen molar-refractivity contribution in [3.8, 4) is 0 Å². The summed E-state index contributed by atoms with van der Waals surface area (Å²) in [5, 5.41) is 4.91. The number of fused-ring (bicyclic) bond motifs is 1. The van der Waals surface area contributed by atoms with E-state index in [0.717, 1.165) is 0 Å². The molecular formula is C8H7NO4S. The molecule has 0 aliphatic carbocycles. The Balaban J connectivity index is 2.61. The summed E-state index contributed by atoms with van der Waals surface area (Å²) in [6.07, 6.45) is 0. The Morgan fingerprint density at radius 3 is 2.57 bits per heavy atom. The van der Waals surface area contributed by atoms with Crippen molar-refractivity contribution >= 4 is 16.0 Å². The van der Waals surface area contributed by atoms with Crippen LogP contribution in [0.2, 0.25) is 0 Å². The van der Waals surface area contributed by atoms with Crippen molar-refractivity contribution in [1.29, 1.82) is 0 Å². The minimum absolute atomic E-state index is 0.256. The van der Waals surface area contributed by atoms with Gasteiger partial charge in [0.2, 0.25) is 5.44 Å². The zero-order valence-electron chi connectivity index (χ0n) is 7.01. The number of sulfonamides is 1. The van der Waals surface area contributed by atoms with Gasteiger partial charge in [0.05, 0.1) is 5.56 Å². The smallest absolute Gasteiger partial charge is 0.340 e. The molecule has 1 atom stereocenters. The highest BCUT2D eigenvalue weighted by molar-refractivity contribution is 7.89. The lowest BCUT2D eigenvalue weighted by molar-refractivity contribution is 0.0508. The van der Waals surface area contributed by atoms with Crippen molar-refractivity contribution in [3.05, 3.63) is 35.4 Å². The molecule has 0 amide bonds. The van der Waals surface area contributed by atoms with Crippen LogP contribution in [0.4, 0.5) is 0 Å². The minimum atomic E-state index is -3.89. The quantitative estimate of drug-likeness (QED) is 0.672. The predicted molar refractivity (Wildman–Crippen MR) is 47.7 cm³/mol. The van der Waals surface area contributed by atoms with Gasteiger partial charge < -0.3 is 4.74 Å². The maximum absolute atomic E-state index is 11.2. The summed E-state index contributed by atoms with van der Waals surface area (Å²) in [7, 11) is -3.89. The van der Waals surface area contributed by atoms with Gasteiger partial charge in [0, 0.05) is 5.56 Å². The highest BCUT2D eigenvalue weighted by Gasteiger charge is 2.37. The number of esters is 1. The highest BCUT2D eigenvalue weighted by Crippen LogP contribution is 2.32. The topological polar surface area (TPSA) is 86.5 Å². The van der Waals surface area contributed by atoms with E-state index in [4.69, 9.17) is 5.14 Å². The second kappa shape index (κ2) is 2.79. The van der Waals surface area contributed by atoms with E-state index < -0.39 is 21.4 Å². The van der Waals surface area contributed by atoms with Crippen LogP contribution in [0.5, 0.6) is 0 Å². The maximum atomic E-state index is 11.2. The molecule has 74 valence electrons. The molecule has 1 heterocycles. The van der Waals surface area contributed by atoms with Crippen LogP contribution < -0.4 is 5.14 Å². The van der Waals surface area contributed by atoms with Crippen molar-refractivity contribution in [2.24, 2.45) is 5.14 Å². The van der Waals surface area contributed by atoms with Crippen LogP contribution in [0.1, 0.15) is 21.4 Å². The Labute approximate surface area is 80.5 Å². The van der Waals surface area contributed by atoms with E-state index in [1.165, 1.54) is 12.1 Å². The van der Waals surface area contributed by atoms with E-state index in [9.17, 15) is 13.2 Å². The maximum Gasteiger partial charge on any atom is 0.340 e. The van der Waals surface area contributed by atoms with Crippen LogP contribution in [0.25, 0.3) is 0 Å². The normalized spacial score (nSPS) is 20.4. The van der Waals surface area contributed by atoms with E-state index in [2.05, 4.69) is 4.74 Å². The molecule has 1 aliphatic rings. The van der Waals surface area contributed by atoms with E-state index in [0.29, 0.717) is 5.56 Å². The lowest BCUT2D eigenvalue weighted by Gasteiger charge is -2.06. The van der Waals surface area contributed by atoms with E-state index in [-0.39, 0.29) is 5.56 Å². The van der Waals surface area contributed by atoms with Gasteiger partial charge in [-0.1, -0.05) is 18.2 Å². The molecule has 0 saturated heterocycles. The van der Waals surface area contributed by atoms with Gasteiger partial charge >= 0.3 is 5.97 Å². The number of rotatable bonds is 1. The average Bonchev–Trinajstić information content (AvgIpc) is 2.44. The molecule has 0 fully saturated rings. The minimum Gasteiger partial charge on any atom is -0.436 e. The van der Waals surface area contributed by atoms with Crippen LogP contribution in [-0.2, 0) is 14.8 Å². The Morgan fingerprint density at radius 2 is 1.93 bits per heavy atom. The van der Waals surface area contributed by atoms with Crippen molar-refractivity contribution < 1.29 is 17.9 Å². The monoisotopic (exact) mass is 213 g/mol. The molecule has 2 rings (SSSR count). The van der Waals surface area contributed by atoms with Crippen LogP contribution in [0.3, 0.4) is 0 Å². The molecule has 0 aromatic heterocycles. The number of carbonyl (C=O) groups excluding carboxylic acids is 1. The first-order valence-corrected chi connectivity index (χ1v) is 5.42. The Morgan fingerprint density at radius 1 is 1.29 bits per heavy atom. The zero-order valence-corrected chi connectivity index (χ0v) is 7.82. The molecule has 1 aliphatic heterocycles. The van der Waals surface area contributed by atoms with Gasteiger partial charge in [0.25, 0.3) is 10.0 Å². The molecule has 0 saturated carbocycles. The summed E-state index contributed by atoms with van der Waals surface area (Å²) in [4.78, 5) is 11.2. The Hall–Kier alpha value is -1.40. The molecule has 5 nitrogen and oxygen atoms in total.